The third kappa shape index (κ3) is 5.66. The highest BCUT2D eigenvalue weighted by Crippen LogP contribution is 2.39. The van der Waals surface area contributed by atoms with Crippen LogP contribution >= 0.6 is 0 Å². The van der Waals surface area contributed by atoms with E-state index >= 15 is 0 Å². The molecule has 266 valence electrons. The fourth-order valence-electron chi connectivity index (χ4n) is 8.39. The van der Waals surface area contributed by atoms with E-state index in [0.29, 0.717) is 17.6 Å². The highest BCUT2D eigenvalue weighted by molar-refractivity contribution is 6.21. The quantitative estimate of drug-likeness (QED) is 0.171. The first-order valence-electron chi connectivity index (χ1n) is 19.3. The van der Waals surface area contributed by atoms with Crippen LogP contribution in [0, 0.1) is 0 Å². The minimum atomic E-state index is 0.575. The van der Waals surface area contributed by atoms with E-state index in [1.807, 2.05) is 6.07 Å². The first-order chi connectivity index (χ1) is 28.3. The predicted octanol–water partition coefficient (Wildman–Crippen LogP) is 13.6. The van der Waals surface area contributed by atoms with E-state index in [1.165, 1.54) is 43.6 Å². The molecule has 11 aromatic rings. The molecule has 0 amide bonds. The zero-order valence-corrected chi connectivity index (χ0v) is 30.9. The standard InChI is InChI=1S/C53H34N4/c1-3-14-35(15-4-1)36-28-30-40(31-29-36)51-54-52(56-53(55-51)57-47-27-10-9-24-46(47)50-44-23-8-7-18-38(44)32-33-48(50)57)42-22-11-21-41(34-42)45-26-13-20-39-19-12-25-43(49(39)45)37-16-5-2-6-17-37/h1-34H. The number of benzene rings is 9. The average molecular weight is 727 g/mol. The summed E-state index contributed by atoms with van der Waals surface area (Å²) in [6.07, 6.45) is 0. The number of nitrogens with zero attached hydrogens (tertiary/aromatic N) is 4. The van der Waals surface area contributed by atoms with Gasteiger partial charge in [-0.05, 0) is 73.1 Å². The van der Waals surface area contributed by atoms with E-state index in [9.17, 15) is 0 Å². The van der Waals surface area contributed by atoms with Crippen LogP contribution in [0.3, 0.4) is 0 Å². The van der Waals surface area contributed by atoms with Crippen LogP contribution in [0.15, 0.2) is 206 Å². The van der Waals surface area contributed by atoms with Crippen LogP contribution < -0.4 is 0 Å². The molecule has 4 heteroatoms. The molecule has 0 aliphatic carbocycles. The zero-order valence-electron chi connectivity index (χ0n) is 30.9. The lowest BCUT2D eigenvalue weighted by atomic mass is 9.91. The maximum atomic E-state index is 5.32. The summed E-state index contributed by atoms with van der Waals surface area (Å²) in [6.45, 7) is 0. The molecule has 0 aliphatic rings. The topological polar surface area (TPSA) is 43.6 Å². The predicted molar refractivity (Wildman–Crippen MR) is 236 cm³/mol. The van der Waals surface area contributed by atoms with Crippen molar-refractivity contribution in [1.82, 2.24) is 19.5 Å². The maximum absolute atomic E-state index is 5.32. The van der Waals surface area contributed by atoms with Gasteiger partial charge in [-0.25, -0.2) is 4.98 Å². The van der Waals surface area contributed by atoms with Crippen LogP contribution in [0.5, 0.6) is 0 Å². The third-order valence-corrected chi connectivity index (χ3v) is 11.1. The van der Waals surface area contributed by atoms with Gasteiger partial charge in [0, 0.05) is 21.9 Å². The fraction of sp³-hybridized carbons (Fsp3) is 0. The fourth-order valence-corrected chi connectivity index (χ4v) is 8.39. The summed E-state index contributed by atoms with van der Waals surface area (Å²) in [5.74, 6) is 1.80. The minimum absolute atomic E-state index is 0.575. The Balaban J connectivity index is 1.13. The molecule has 0 saturated heterocycles. The van der Waals surface area contributed by atoms with Crippen LogP contribution in [0.4, 0.5) is 0 Å². The van der Waals surface area contributed by atoms with Gasteiger partial charge in [0.15, 0.2) is 11.6 Å². The van der Waals surface area contributed by atoms with Crippen LogP contribution in [-0.2, 0) is 0 Å². The molecule has 9 aromatic carbocycles. The van der Waals surface area contributed by atoms with Gasteiger partial charge in [0.25, 0.3) is 0 Å². The van der Waals surface area contributed by atoms with Crippen molar-refractivity contribution < 1.29 is 0 Å². The van der Waals surface area contributed by atoms with Crippen LogP contribution in [0.25, 0.3) is 105 Å². The lowest BCUT2D eigenvalue weighted by molar-refractivity contribution is 0.954. The molecular weight excluding hydrogens is 693 g/mol. The van der Waals surface area contributed by atoms with E-state index in [0.717, 1.165) is 44.2 Å². The molecule has 2 aromatic heterocycles. The van der Waals surface area contributed by atoms with Crippen molar-refractivity contribution in [1.29, 1.82) is 0 Å². The van der Waals surface area contributed by atoms with Crippen molar-refractivity contribution in [3.63, 3.8) is 0 Å². The van der Waals surface area contributed by atoms with Crippen molar-refractivity contribution in [2.75, 3.05) is 0 Å². The molecule has 2 heterocycles. The molecule has 0 fully saturated rings. The van der Waals surface area contributed by atoms with Crippen LogP contribution in [0.1, 0.15) is 0 Å². The number of hydrogen-bond acceptors (Lipinski definition) is 3. The van der Waals surface area contributed by atoms with Crippen LogP contribution in [0.2, 0.25) is 0 Å². The van der Waals surface area contributed by atoms with Gasteiger partial charge in [-0.1, -0.05) is 188 Å². The van der Waals surface area contributed by atoms with Gasteiger partial charge in [0.05, 0.1) is 11.0 Å². The highest BCUT2D eigenvalue weighted by Gasteiger charge is 2.20. The highest BCUT2D eigenvalue weighted by atomic mass is 15.2. The first-order valence-corrected chi connectivity index (χ1v) is 19.3. The Morgan fingerprint density at radius 3 is 1.61 bits per heavy atom. The van der Waals surface area contributed by atoms with Gasteiger partial charge in [0.2, 0.25) is 5.95 Å². The second kappa shape index (κ2) is 13.6. The molecule has 11 rings (SSSR count). The molecular formula is C53H34N4. The molecule has 0 aliphatic heterocycles. The summed E-state index contributed by atoms with van der Waals surface area (Å²) < 4.78 is 2.20. The second-order valence-corrected chi connectivity index (χ2v) is 14.4. The Kier molecular flexibility index (Phi) is 7.78. The molecule has 0 spiro atoms. The summed E-state index contributed by atoms with van der Waals surface area (Å²) in [4.78, 5) is 15.8. The van der Waals surface area contributed by atoms with Gasteiger partial charge < -0.3 is 0 Å². The summed E-state index contributed by atoms with van der Waals surface area (Å²) in [5.41, 5.74) is 10.9. The summed E-state index contributed by atoms with van der Waals surface area (Å²) >= 11 is 0. The molecule has 0 atom stereocenters. The van der Waals surface area contributed by atoms with Crippen LogP contribution in [-0.4, -0.2) is 19.5 Å². The van der Waals surface area contributed by atoms with E-state index in [2.05, 4.69) is 205 Å². The summed E-state index contributed by atoms with van der Waals surface area (Å²) in [5, 5.41) is 7.16. The molecule has 0 unspecified atom stereocenters. The number of aromatic nitrogens is 4. The van der Waals surface area contributed by atoms with E-state index in [1.54, 1.807) is 0 Å². The Labute approximate surface area is 330 Å². The van der Waals surface area contributed by atoms with Gasteiger partial charge in [0.1, 0.15) is 0 Å². The Hall–Kier alpha value is -7.69. The van der Waals surface area contributed by atoms with Crippen molar-refractivity contribution in [2.24, 2.45) is 0 Å². The largest absolute Gasteiger partial charge is 0.278 e. The number of para-hydroxylation sites is 1. The molecule has 0 radical (unpaired) electrons. The smallest absolute Gasteiger partial charge is 0.238 e. The maximum Gasteiger partial charge on any atom is 0.238 e. The summed E-state index contributed by atoms with van der Waals surface area (Å²) in [6, 6.07) is 72.8. The van der Waals surface area contributed by atoms with Crippen molar-refractivity contribution in [3.8, 4) is 62.1 Å². The molecule has 0 bridgehead atoms. The van der Waals surface area contributed by atoms with Gasteiger partial charge >= 0.3 is 0 Å². The van der Waals surface area contributed by atoms with E-state index in [4.69, 9.17) is 15.0 Å². The van der Waals surface area contributed by atoms with Gasteiger partial charge in [-0.15, -0.1) is 0 Å². The molecule has 0 saturated carbocycles. The van der Waals surface area contributed by atoms with Crippen molar-refractivity contribution in [2.45, 2.75) is 0 Å². The number of rotatable bonds is 6. The van der Waals surface area contributed by atoms with Crippen molar-refractivity contribution >= 4 is 43.4 Å². The van der Waals surface area contributed by atoms with Gasteiger partial charge in [-0.2, -0.15) is 9.97 Å². The third-order valence-electron chi connectivity index (χ3n) is 11.1. The first kappa shape index (κ1) is 32.7. The van der Waals surface area contributed by atoms with Crippen molar-refractivity contribution in [3.05, 3.63) is 206 Å². The SMILES string of the molecule is c1ccc(-c2ccc(-c3nc(-c4cccc(-c5cccc6cccc(-c7ccccc7)c56)c4)nc(-n4c5ccccc5c5c6ccccc6ccc54)n3)cc2)cc1. The Morgan fingerprint density at radius 2 is 0.842 bits per heavy atom. The zero-order chi connectivity index (χ0) is 37.7. The Morgan fingerprint density at radius 1 is 0.298 bits per heavy atom. The lowest BCUT2D eigenvalue weighted by Gasteiger charge is -2.14. The minimum Gasteiger partial charge on any atom is -0.278 e. The monoisotopic (exact) mass is 726 g/mol. The van der Waals surface area contributed by atoms with E-state index in [-0.39, 0.29) is 0 Å². The number of hydrogen-bond donors (Lipinski definition) is 0. The van der Waals surface area contributed by atoms with Gasteiger partial charge in [-0.3, -0.25) is 4.57 Å². The van der Waals surface area contributed by atoms with E-state index < -0.39 is 0 Å². The second-order valence-electron chi connectivity index (χ2n) is 14.4. The molecule has 57 heavy (non-hydrogen) atoms. The molecule has 0 N–H and O–H groups in total. The Bertz CT molecular complexity index is 3270. The summed E-state index contributed by atoms with van der Waals surface area (Å²) in [7, 11) is 0. The normalized spacial score (nSPS) is 11.5. The lowest BCUT2D eigenvalue weighted by Crippen LogP contribution is -2.06. The average Bonchev–Trinajstić information content (AvgIpc) is 3.64. The molecule has 4 nitrogen and oxygen atoms in total. The number of fused-ring (bicyclic) bond motifs is 6.